The van der Waals surface area contributed by atoms with E-state index in [1.165, 1.54) is 0 Å². The fourth-order valence-corrected chi connectivity index (χ4v) is 0.307. The van der Waals surface area contributed by atoms with Gasteiger partial charge >= 0.3 is 0 Å². The molecule has 0 atom stereocenters. The van der Waals surface area contributed by atoms with Gasteiger partial charge in [-0.15, -0.1) is 0 Å². The molecule has 0 bridgehead atoms. The Labute approximate surface area is 38.3 Å². The zero-order valence-corrected chi connectivity index (χ0v) is 3.35. The van der Waals surface area contributed by atoms with Crippen LogP contribution in [0.15, 0.2) is 24.5 Å². The average molecular weight is 83.1 g/mol. The van der Waals surface area contributed by atoms with E-state index in [2.05, 4.69) is 0 Å². The molecule has 0 amide bonds. The van der Waals surface area contributed by atoms with Crippen molar-refractivity contribution in [2.75, 3.05) is 6.61 Å². The van der Waals surface area contributed by atoms with Gasteiger partial charge in [0.25, 0.3) is 0 Å². The van der Waals surface area contributed by atoms with Gasteiger partial charge < -0.3 is 4.74 Å². The molecule has 0 aromatic carbocycles. The third-order valence-electron chi connectivity index (χ3n) is 0.556. The maximum atomic E-state index is 6.96. The Bertz CT molecular complexity index is 115. The van der Waals surface area contributed by atoms with E-state index in [-0.39, 0.29) is 0 Å². The molecular formula is C5H6O. The molecule has 0 aromatic rings. The predicted octanol–water partition coefficient (Wildman–Crippen LogP) is 1.09. The summed E-state index contributed by atoms with van der Waals surface area (Å²) in [7, 11) is 0. The van der Waals surface area contributed by atoms with Crippen molar-refractivity contribution in [1.29, 1.82) is 0 Å². The minimum atomic E-state index is 0.427. The fourth-order valence-electron chi connectivity index (χ4n) is 0.307. The van der Waals surface area contributed by atoms with Crippen LogP contribution in [-0.4, -0.2) is 6.61 Å². The number of allylic oxidation sites excluding steroid dienone is 2. The molecule has 1 nitrogen and oxygen atoms in total. The first kappa shape index (κ1) is 2.45. The third kappa shape index (κ3) is 0.612. The molecule has 0 fully saturated rings. The quantitative estimate of drug-likeness (QED) is 0.426. The SMILES string of the molecule is [2H]C1=CC=COC1. The van der Waals surface area contributed by atoms with Crippen molar-refractivity contribution < 1.29 is 6.11 Å². The predicted molar refractivity (Wildman–Crippen MR) is 24.2 cm³/mol. The number of ether oxygens (including phenoxy) is 1. The molecule has 0 saturated heterocycles. The molecule has 1 heteroatoms. The van der Waals surface area contributed by atoms with Crippen LogP contribution >= 0.6 is 0 Å². The van der Waals surface area contributed by atoms with E-state index in [1.54, 1.807) is 18.4 Å². The summed E-state index contributed by atoms with van der Waals surface area (Å²) in [6, 6.07) is 0.530. The number of hydrogen-bond donors (Lipinski definition) is 0. The van der Waals surface area contributed by atoms with Gasteiger partial charge in [0.1, 0.15) is 6.61 Å². The zero-order valence-electron chi connectivity index (χ0n) is 4.35. The molecule has 0 aromatic heterocycles. The van der Waals surface area contributed by atoms with Crippen LogP contribution in [-0.2, 0) is 4.74 Å². The maximum absolute atomic E-state index is 6.96. The molecule has 0 aliphatic carbocycles. The van der Waals surface area contributed by atoms with Gasteiger partial charge in [-0.3, -0.25) is 0 Å². The van der Waals surface area contributed by atoms with Crippen molar-refractivity contribution in [2.45, 2.75) is 0 Å². The summed E-state index contributed by atoms with van der Waals surface area (Å²) in [6.07, 6.45) is 5.01. The van der Waals surface area contributed by atoms with Crippen LogP contribution in [0.2, 0.25) is 0 Å². The lowest BCUT2D eigenvalue weighted by Crippen LogP contribution is -1.82. The molecule has 0 N–H and O–H groups in total. The van der Waals surface area contributed by atoms with Crippen molar-refractivity contribution in [3.63, 3.8) is 0 Å². The fraction of sp³-hybridized carbons (Fsp3) is 0.200. The molecular weight excluding hydrogens is 76.1 g/mol. The standard InChI is InChI=1S/C5H6O/c1-2-4-6-5-3-1/h1-4H,5H2/i3D. The smallest absolute Gasteiger partial charge is 0.106 e. The lowest BCUT2D eigenvalue weighted by Gasteiger charge is -1.94. The normalized spacial score (nSPS) is 21.3. The van der Waals surface area contributed by atoms with Gasteiger partial charge in [-0.05, 0) is 12.1 Å². The summed E-state index contributed by atoms with van der Waals surface area (Å²) in [4.78, 5) is 0. The second-order valence-corrected chi connectivity index (χ2v) is 1.01. The Morgan fingerprint density at radius 1 is 1.67 bits per heavy atom. The van der Waals surface area contributed by atoms with E-state index in [1.807, 2.05) is 0 Å². The van der Waals surface area contributed by atoms with Crippen molar-refractivity contribution in [1.82, 2.24) is 0 Å². The summed E-state index contributed by atoms with van der Waals surface area (Å²) in [5.74, 6) is 0. The molecule has 1 aliphatic rings. The van der Waals surface area contributed by atoms with Gasteiger partial charge in [0, 0.05) is 0 Å². The first-order valence-electron chi connectivity index (χ1n) is 2.33. The van der Waals surface area contributed by atoms with Crippen LogP contribution in [0.3, 0.4) is 0 Å². The average Bonchev–Trinajstić information content (AvgIpc) is 1.69. The Morgan fingerprint density at radius 2 is 2.67 bits per heavy atom. The van der Waals surface area contributed by atoms with Gasteiger partial charge in [0.05, 0.1) is 7.63 Å². The minimum absolute atomic E-state index is 0.427. The van der Waals surface area contributed by atoms with Crippen LogP contribution in [0.1, 0.15) is 1.37 Å². The van der Waals surface area contributed by atoms with Crippen molar-refractivity contribution in [2.24, 2.45) is 0 Å². The van der Waals surface area contributed by atoms with Gasteiger partial charge in [0.2, 0.25) is 0 Å². The molecule has 32 valence electrons. The van der Waals surface area contributed by atoms with Gasteiger partial charge in [-0.25, -0.2) is 0 Å². The molecule has 0 spiro atoms. The molecule has 6 heavy (non-hydrogen) atoms. The zero-order chi connectivity index (χ0) is 5.11. The first-order valence-corrected chi connectivity index (χ1v) is 1.83. The third-order valence-corrected chi connectivity index (χ3v) is 0.556. The lowest BCUT2D eigenvalue weighted by atomic mass is 10.5. The van der Waals surface area contributed by atoms with Crippen LogP contribution in [0, 0.1) is 0 Å². The van der Waals surface area contributed by atoms with E-state index in [0.717, 1.165) is 0 Å². The minimum Gasteiger partial charge on any atom is -0.497 e. The monoisotopic (exact) mass is 83.0 g/mol. The lowest BCUT2D eigenvalue weighted by molar-refractivity contribution is 0.286. The highest BCUT2D eigenvalue weighted by Crippen LogP contribution is 1.87. The van der Waals surface area contributed by atoms with E-state index >= 15 is 0 Å². The van der Waals surface area contributed by atoms with Crippen LogP contribution in [0.5, 0.6) is 0 Å². The molecule has 1 heterocycles. The van der Waals surface area contributed by atoms with Crippen LogP contribution in [0.4, 0.5) is 0 Å². The second kappa shape index (κ2) is 1.65. The summed E-state index contributed by atoms with van der Waals surface area (Å²) < 4.78 is 11.7. The van der Waals surface area contributed by atoms with E-state index < -0.39 is 0 Å². The summed E-state index contributed by atoms with van der Waals surface area (Å²) in [6.45, 7) is 0.427. The Balaban J connectivity index is 2.57. The highest BCUT2D eigenvalue weighted by atomic mass is 16.5. The molecule has 0 radical (unpaired) electrons. The highest BCUT2D eigenvalue weighted by Gasteiger charge is 1.75. The van der Waals surface area contributed by atoms with E-state index in [4.69, 9.17) is 6.11 Å². The van der Waals surface area contributed by atoms with E-state index in [9.17, 15) is 0 Å². The summed E-state index contributed by atoms with van der Waals surface area (Å²) in [5.41, 5.74) is 0. The molecule has 1 aliphatic heterocycles. The Morgan fingerprint density at radius 3 is 3.00 bits per heavy atom. The van der Waals surface area contributed by atoms with Crippen molar-refractivity contribution in [3.05, 3.63) is 24.5 Å². The highest BCUT2D eigenvalue weighted by molar-refractivity contribution is 5.02. The number of hydrogen-bond acceptors (Lipinski definition) is 1. The largest absolute Gasteiger partial charge is 0.497 e. The van der Waals surface area contributed by atoms with Crippen LogP contribution in [0.25, 0.3) is 0 Å². The Hall–Kier alpha value is -0.720. The van der Waals surface area contributed by atoms with Gasteiger partial charge in [-0.2, -0.15) is 0 Å². The van der Waals surface area contributed by atoms with Gasteiger partial charge in [-0.1, -0.05) is 6.08 Å². The van der Waals surface area contributed by atoms with E-state index in [0.29, 0.717) is 12.7 Å². The molecule has 0 unspecified atom stereocenters. The number of rotatable bonds is 0. The van der Waals surface area contributed by atoms with Gasteiger partial charge in [0.15, 0.2) is 0 Å². The maximum Gasteiger partial charge on any atom is 0.106 e. The molecule has 0 saturated carbocycles. The van der Waals surface area contributed by atoms with Crippen LogP contribution < -0.4 is 0 Å². The molecule has 1 rings (SSSR count). The topological polar surface area (TPSA) is 9.23 Å². The van der Waals surface area contributed by atoms with Crippen molar-refractivity contribution >= 4 is 0 Å². The van der Waals surface area contributed by atoms with Crippen molar-refractivity contribution in [3.8, 4) is 0 Å². The Kier molecular flexibility index (Phi) is 0.675. The summed E-state index contributed by atoms with van der Waals surface area (Å²) in [5, 5.41) is 0. The summed E-state index contributed by atoms with van der Waals surface area (Å²) >= 11 is 0. The second-order valence-electron chi connectivity index (χ2n) is 1.01. The first-order chi connectivity index (χ1) is 3.39.